The summed E-state index contributed by atoms with van der Waals surface area (Å²) < 4.78 is 5.54. The minimum Gasteiger partial charge on any atom is -0.495 e. The van der Waals surface area contributed by atoms with Crippen LogP contribution in [0.15, 0.2) is 29.3 Å². The van der Waals surface area contributed by atoms with Crippen molar-refractivity contribution in [3.63, 3.8) is 0 Å². The molecule has 7 nitrogen and oxygen atoms in total. The first kappa shape index (κ1) is 21.7. The van der Waals surface area contributed by atoms with Crippen LogP contribution in [0.2, 0.25) is 0 Å². The predicted octanol–water partition coefficient (Wildman–Crippen LogP) is 1.46. The van der Waals surface area contributed by atoms with Gasteiger partial charge in [0, 0.05) is 57.9 Å². The average Bonchev–Trinajstić information content (AvgIpc) is 3.20. The Hall–Kier alpha value is -1.99. The number of rotatable bonds is 7. The highest BCUT2D eigenvalue weighted by Crippen LogP contribution is 2.30. The molecule has 2 N–H and O–H groups in total. The summed E-state index contributed by atoms with van der Waals surface area (Å²) in [6.45, 7) is 12.6. The first-order chi connectivity index (χ1) is 14.1. The Labute approximate surface area is 176 Å². The maximum absolute atomic E-state index is 5.54. The SMILES string of the molecule is CCNC(=NCC(C)N1CCN(C)CC1)NC1CCN(c2ccccc2OC)C1. The third kappa shape index (κ3) is 6.00. The van der Waals surface area contributed by atoms with E-state index in [1.54, 1.807) is 7.11 Å². The fourth-order valence-corrected chi connectivity index (χ4v) is 4.10. The molecule has 2 fully saturated rings. The smallest absolute Gasteiger partial charge is 0.191 e. The summed E-state index contributed by atoms with van der Waals surface area (Å²) in [5, 5.41) is 7.07. The van der Waals surface area contributed by atoms with Gasteiger partial charge in [0.15, 0.2) is 5.96 Å². The van der Waals surface area contributed by atoms with Crippen molar-refractivity contribution in [1.82, 2.24) is 20.4 Å². The molecule has 29 heavy (non-hydrogen) atoms. The van der Waals surface area contributed by atoms with E-state index in [4.69, 9.17) is 9.73 Å². The molecule has 162 valence electrons. The number of nitrogens with zero attached hydrogens (tertiary/aromatic N) is 4. The molecule has 0 aromatic heterocycles. The first-order valence-electron chi connectivity index (χ1n) is 11.0. The molecular weight excluding hydrogens is 364 g/mol. The summed E-state index contributed by atoms with van der Waals surface area (Å²) in [5.74, 6) is 1.87. The lowest BCUT2D eigenvalue weighted by molar-refractivity contribution is 0.122. The number of methoxy groups -OCH3 is 1. The molecule has 2 atom stereocenters. The highest BCUT2D eigenvalue weighted by molar-refractivity contribution is 5.80. The van der Waals surface area contributed by atoms with Gasteiger partial charge >= 0.3 is 0 Å². The second-order valence-electron chi connectivity index (χ2n) is 8.16. The quantitative estimate of drug-likeness (QED) is 0.532. The number of likely N-dealkylation sites (N-methyl/N-ethyl adjacent to an activating group) is 1. The van der Waals surface area contributed by atoms with Gasteiger partial charge in [-0.15, -0.1) is 0 Å². The molecule has 1 aromatic rings. The number of hydrogen-bond donors (Lipinski definition) is 2. The Morgan fingerprint density at radius 1 is 1.21 bits per heavy atom. The van der Waals surface area contributed by atoms with Crippen molar-refractivity contribution in [3.8, 4) is 5.75 Å². The number of piperazine rings is 1. The van der Waals surface area contributed by atoms with E-state index in [2.05, 4.69) is 58.4 Å². The first-order valence-corrected chi connectivity index (χ1v) is 11.0. The third-order valence-electron chi connectivity index (χ3n) is 5.97. The molecule has 1 aromatic carbocycles. The summed E-state index contributed by atoms with van der Waals surface area (Å²) in [6, 6.07) is 9.11. The monoisotopic (exact) mass is 402 g/mol. The Balaban J connectivity index is 1.54. The second-order valence-corrected chi connectivity index (χ2v) is 8.16. The summed E-state index contributed by atoms with van der Waals surface area (Å²) in [7, 11) is 3.94. The number of para-hydroxylation sites is 2. The number of anilines is 1. The number of nitrogens with one attached hydrogen (secondary N) is 2. The molecule has 2 saturated heterocycles. The van der Waals surface area contributed by atoms with Crippen LogP contribution in [0.3, 0.4) is 0 Å². The minimum absolute atomic E-state index is 0.386. The number of ether oxygens (including phenoxy) is 1. The van der Waals surface area contributed by atoms with Crippen molar-refractivity contribution >= 4 is 11.6 Å². The van der Waals surface area contributed by atoms with Crippen molar-refractivity contribution in [3.05, 3.63) is 24.3 Å². The molecule has 0 bridgehead atoms. The lowest BCUT2D eigenvalue weighted by atomic mass is 10.2. The summed E-state index contributed by atoms with van der Waals surface area (Å²) in [6.07, 6.45) is 1.09. The summed E-state index contributed by atoms with van der Waals surface area (Å²) in [5.41, 5.74) is 1.17. The van der Waals surface area contributed by atoms with Crippen LogP contribution in [0.4, 0.5) is 5.69 Å². The van der Waals surface area contributed by atoms with Gasteiger partial charge in [0.25, 0.3) is 0 Å². The van der Waals surface area contributed by atoms with Crippen molar-refractivity contribution < 1.29 is 4.74 Å². The van der Waals surface area contributed by atoms with Crippen molar-refractivity contribution in [2.75, 3.05) is 71.4 Å². The standard InChI is InChI=1S/C22H38N6O/c1-5-23-22(24-16-18(2)27-14-12-26(3)13-15-27)25-19-10-11-28(17-19)20-8-6-7-9-21(20)29-4/h6-9,18-19H,5,10-17H2,1-4H3,(H2,23,24,25). The molecule has 2 aliphatic rings. The van der Waals surface area contributed by atoms with Crippen molar-refractivity contribution in [1.29, 1.82) is 0 Å². The Kier molecular flexibility index (Phi) is 8.00. The van der Waals surface area contributed by atoms with Crippen LogP contribution >= 0.6 is 0 Å². The maximum atomic E-state index is 5.54. The number of aliphatic imine (C=N–C) groups is 1. The van der Waals surface area contributed by atoms with Gasteiger partial charge in [-0.1, -0.05) is 12.1 Å². The summed E-state index contributed by atoms with van der Waals surface area (Å²) >= 11 is 0. The topological polar surface area (TPSA) is 55.4 Å². The zero-order valence-electron chi connectivity index (χ0n) is 18.5. The molecule has 2 aliphatic heterocycles. The van der Waals surface area contributed by atoms with E-state index in [0.29, 0.717) is 12.1 Å². The van der Waals surface area contributed by atoms with E-state index in [-0.39, 0.29) is 0 Å². The number of hydrogen-bond acceptors (Lipinski definition) is 5. The van der Waals surface area contributed by atoms with Gasteiger partial charge < -0.3 is 25.2 Å². The predicted molar refractivity (Wildman–Crippen MR) is 121 cm³/mol. The molecular formula is C22H38N6O. The summed E-state index contributed by atoms with van der Waals surface area (Å²) in [4.78, 5) is 12.2. The lowest BCUT2D eigenvalue weighted by Crippen LogP contribution is -2.49. The fourth-order valence-electron chi connectivity index (χ4n) is 4.10. The molecule has 0 saturated carbocycles. The number of guanidine groups is 1. The van der Waals surface area contributed by atoms with Gasteiger partial charge in [-0.05, 0) is 39.4 Å². The van der Waals surface area contributed by atoms with E-state index in [0.717, 1.165) is 70.5 Å². The third-order valence-corrected chi connectivity index (χ3v) is 5.97. The van der Waals surface area contributed by atoms with Crippen LogP contribution in [0.1, 0.15) is 20.3 Å². The van der Waals surface area contributed by atoms with Gasteiger partial charge in [0.05, 0.1) is 19.3 Å². The van der Waals surface area contributed by atoms with Gasteiger partial charge in [0.2, 0.25) is 0 Å². The van der Waals surface area contributed by atoms with Crippen LogP contribution in [0.25, 0.3) is 0 Å². The van der Waals surface area contributed by atoms with Crippen LogP contribution < -0.4 is 20.3 Å². The molecule has 7 heteroatoms. The van der Waals surface area contributed by atoms with E-state index < -0.39 is 0 Å². The fraction of sp³-hybridized carbons (Fsp3) is 0.682. The Morgan fingerprint density at radius 2 is 1.97 bits per heavy atom. The number of benzene rings is 1. The Morgan fingerprint density at radius 3 is 2.69 bits per heavy atom. The van der Waals surface area contributed by atoms with Crippen LogP contribution in [-0.2, 0) is 0 Å². The molecule has 0 radical (unpaired) electrons. The van der Waals surface area contributed by atoms with Gasteiger partial charge in [-0.3, -0.25) is 9.89 Å². The van der Waals surface area contributed by atoms with Gasteiger partial charge in [-0.25, -0.2) is 0 Å². The van der Waals surface area contributed by atoms with E-state index in [9.17, 15) is 0 Å². The van der Waals surface area contributed by atoms with E-state index in [1.165, 1.54) is 5.69 Å². The molecule has 0 aliphatic carbocycles. The second kappa shape index (κ2) is 10.7. The molecule has 2 heterocycles. The Bertz CT molecular complexity index is 658. The van der Waals surface area contributed by atoms with Crippen molar-refractivity contribution in [2.24, 2.45) is 4.99 Å². The molecule has 0 amide bonds. The van der Waals surface area contributed by atoms with Crippen LogP contribution in [0, 0.1) is 0 Å². The minimum atomic E-state index is 0.386. The maximum Gasteiger partial charge on any atom is 0.191 e. The zero-order valence-corrected chi connectivity index (χ0v) is 18.5. The zero-order chi connectivity index (χ0) is 20.6. The van der Waals surface area contributed by atoms with Gasteiger partial charge in [-0.2, -0.15) is 0 Å². The molecule has 2 unspecified atom stereocenters. The van der Waals surface area contributed by atoms with Crippen molar-refractivity contribution in [2.45, 2.75) is 32.4 Å². The van der Waals surface area contributed by atoms with E-state index in [1.807, 2.05) is 12.1 Å². The highest BCUT2D eigenvalue weighted by atomic mass is 16.5. The average molecular weight is 403 g/mol. The van der Waals surface area contributed by atoms with Crippen LogP contribution in [-0.4, -0.2) is 94.4 Å². The van der Waals surface area contributed by atoms with Crippen LogP contribution in [0.5, 0.6) is 5.75 Å². The molecule has 3 rings (SSSR count). The van der Waals surface area contributed by atoms with Gasteiger partial charge in [0.1, 0.15) is 5.75 Å². The van der Waals surface area contributed by atoms with E-state index >= 15 is 0 Å². The lowest BCUT2D eigenvalue weighted by Gasteiger charge is -2.36. The highest BCUT2D eigenvalue weighted by Gasteiger charge is 2.25. The molecule has 0 spiro atoms. The largest absolute Gasteiger partial charge is 0.495 e. The normalized spacial score (nSPS) is 22.6.